The number of aryl methyl sites for hydroxylation is 2. The molecule has 0 heterocycles. The Morgan fingerprint density at radius 1 is 1.44 bits per heavy atom. The maximum absolute atomic E-state index is 11.2. The first-order valence-corrected chi connectivity index (χ1v) is 5.21. The molecule has 0 aliphatic carbocycles. The fraction of sp³-hybridized carbons (Fsp3) is 0.308. The molecule has 0 aromatic heterocycles. The van der Waals surface area contributed by atoms with Crippen LogP contribution in [0.1, 0.15) is 11.1 Å². The lowest BCUT2D eigenvalue weighted by molar-refractivity contribution is -0.122. The van der Waals surface area contributed by atoms with E-state index in [1.54, 1.807) is 6.08 Å². The average Bonchev–Trinajstić information content (AvgIpc) is 2.28. The predicted molar refractivity (Wildman–Crippen MR) is 64.6 cm³/mol. The van der Waals surface area contributed by atoms with E-state index in [1.807, 2.05) is 32.0 Å². The van der Waals surface area contributed by atoms with Crippen LogP contribution < -0.4 is 10.1 Å². The van der Waals surface area contributed by atoms with Gasteiger partial charge in [-0.3, -0.25) is 4.79 Å². The van der Waals surface area contributed by atoms with Crippen LogP contribution in [0.2, 0.25) is 0 Å². The van der Waals surface area contributed by atoms with Crippen LogP contribution in [0.25, 0.3) is 0 Å². The van der Waals surface area contributed by atoms with Crippen molar-refractivity contribution in [2.75, 3.05) is 13.2 Å². The number of carbonyl (C=O) groups excluding carboxylic acids is 1. The molecule has 0 atom stereocenters. The molecular weight excluding hydrogens is 202 g/mol. The van der Waals surface area contributed by atoms with Gasteiger partial charge in [-0.1, -0.05) is 12.1 Å². The van der Waals surface area contributed by atoms with Crippen LogP contribution in [0, 0.1) is 13.8 Å². The van der Waals surface area contributed by atoms with E-state index in [2.05, 4.69) is 11.9 Å². The van der Waals surface area contributed by atoms with E-state index in [0.717, 1.165) is 11.3 Å². The van der Waals surface area contributed by atoms with E-state index >= 15 is 0 Å². The summed E-state index contributed by atoms with van der Waals surface area (Å²) >= 11 is 0. The van der Waals surface area contributed by atoms with Crippen molar-refractivity contribution in [1.29, 1.82) is 0 Å². The summed E-state index contributed by atoms with van der Waals surface area (Å²) in [4.78, 5) is 11.2. The first-order chi connectivity index (χ1) is 7.63. The van der Waals surface area contributed by atoms with E-state index in [-0.39, 0.29) is 12.5 Å². The fourth-order valence-electron chi connectivity index (χ4n) is 1.19. The molecule has 0 spiro atoms. The normalized spacial score (nSPS) is 9.62. The van der Waals surface area contributed by atoms with Gasteiger partial charge < -0.3 is 10.1 Å². The van der Waals surface area contributed by atoms with Gasteiger partial charge in [0.15, 0.2) is 6.61 Å². The van der Waals surface area contributed by atoms with Gasteiger partial charge in [-0.2, -0.15) is 0 Å². The standard InChI is InChI=1S/C13H17NO2/c1-4-7-14-13(15)9-16-12-6-5-10(2)11(3)8-12/h4-6,8H,1,7,9H2,2-3H3,(H,14,15). The minimum Gasteiger partial charge on any atom is -0.484 e. The van der Waals surface area contributed by atoms with Crippen molar-refractivity contribution in [3.8, 4) is 5.75 Å². The van der Waals surface area contributed by atoms with Crippen molar-refractivity contribution in [2.24, 2.45) is 0 Å². The van der Waals surface area contributed by atoms with Gasteiger partial charge in [-0.25, -0.2) is 0 Å². The predicted octanol–water partition coefficient (Wildman–Crippen LogP) is 1.98. The van der Waals surface area contributed by atoms with Gasteiger partial charge in [-0.15, -0.1) is 6.58 Å². The minimum atomic E-state index is -0.141. The molecule has 0 radical (unpaired) electrons. The topological polar surface area (TPSA) is 38.3 Å². The lowest BCUT2D eigenvalue weighted by Gasteiger charge is -2.08. The number of carbonyl (C=O) groups is 1. The molecule has 1 aromatic rings. The van der Waals surface area contributed by atoms with E-state index in [1.165, 1.54) is 5.56 Å². The van der Waals surface area contributed by atoms with Crippen molar-refractivity contribution >= 4 is 5.91 Å². The molecule has 3 heteroatoms. The Labute approximate surface area is 96.1 Å². The number of amides is 1. The smallest absolute Gasteiger partial charge is 0.258 e. The molecule has 0 bridgehead atoms. The Hall–Kier alpha value is -1.77. The van der Waals surface area contributed by atoms with Crippen LogP contribution in [0.3, 0.4) is 0 Å². The van der Waals surface area contributed by atoms with Gasteiger partial charge in [-0.05, 0) is 37.1 Å². The molecule has 3 nitrogen and oxygen atoms in total. The summed E-state index contributed by atoms with van der Waals surface area (Å²) in [5, 5.41) is 2.65. The maximum atomic E-state index is 11.2. The first-order valence-electron chi connectivity index (χ1n) is 5.21. The summed E-state index contributed by atoms with van der Waals surface area (Å²) in [6.07, 6.45) is 1.63. The molecule has 0 saturated carbocycles. The van der Waals surface area contributed by atoms with E-state index in [0.29, 0.717) is 6.54 Å². The van der Waals surface area contributed by atoms with Crippen molar-refractivity contribution in [1.82, 2.24) is 5.32 Å². The highest BCUT2D eigenvalue weighted by Gasteiger charge is 2.02. The lowest BCUT2D eigenvalue weighted by atomic mass is 10.1. The average molecular weight is 219 g/mol. The van der Waals surface area contributed by atoms with Crippen molar-refractivity contribution in [3.63, 3.8) is 0 Å². The van der Waals surface area contributed by atoms with Crippen LogP contribution in [0.15, 0.2) is 30.9 Å². The Morgan fingerprint density at radius 3 is 2.81 bits per heavy atom. The zero-order chi connectivity index (χ0) is 12.0. The Kier molecular flexibility index (Phi) is 4.58. The third-order valence-electron chi connectivity index (χ3n) is 2.29. The van der Waals surface area contributed by atoms with Crippen LogP contribution >= 0.6 is 0 Å². The Morgan fingerprint density at radius 2 is 2.19 bits per heavy atom. The molecule has 1 amide bonds. The molecule has 1 rings (SSSR count). The minimum absolute atomic E-state index is 0.0380. The zero-order valence-electron chi connectivity index (χ0n) is 9.75. The number of benzene rings is 1. The highest BCUT2D eigenvalue weighted by Crippen LogP contribution is 2.15. The molecule has 1 aromatic carbocycles. The van der Waals surface area contributed by atoms with Gasteiger partial charge >= 0.3 is 0 Å². The van der Waals surface area contributed by atoms with Crippen molar-refractivity contribution in [2.45, 2.75) is 13.8 Å². The van der Waals surface area contributed by atoms with Gasteiger partial charge in [0.05, 0.1) is 0 Å². The summed E-state index contributed by atoms with van der Waals surface area (Å²) < 4.78 is 5.35. The molecule has 0 aliphatic heterocycles. The molecular formula is C13H17NO2. The monoisotopic (exact) mass is 219 g/mol. The SMILES string of the molecule is C=CCNC(=O)COc1ccc(C)c(C)c1. The lowest BCUT2D eigenvalue weighted by Crippen LogP contribution is -2.28. The van der Waals surface area contributed by atoms with Crippen LogP contribution in [-0.4, -0.2) is 19.1 Å². The number of nitrogens with one attached hydrogen (secondary N) is 1. The third kappa shape index (κ3) is 3.77. The quantitative estimate of drug-likeness (QED) is 0.769. The Bertz CT molecular complexity index is 386. The fourth-order valence-corrected chi connectivity index (χ4v) is 1.19. The molecule has 16 heavy (non-hydrogen) atoms. The van der Waals surface area contributed by atoms with Crippen LogP contribution in [-0.2, 0) is 4.79 Å². The highest BCUT2D eigenvalue weighted by molar-refractivity contribution is 5.77. The second-order valence-electron chi connectivity index (χ2n) is 3.63. The van der Waals surface area contributed by atoms with Gasteiger partial charge in [0.25, 0.3) is 5.91 Å². The molecule has 0 saturated heterocycles. The number of ether oxygens (including phenoxy) is 1. The van der Waals surface area contributed by atoms with E-state index in [9.17, 15) is 4.79 Å². The summed E-state index contributed by atoms with van der Waals surface area (Å²) in [6, 6.07) is 5.77. The van der Waals surface area contributed by atoms with E-state index < -0.39 is 0 Å². The molecule has 1 N–H and O–H groups in total. The van der Waals surface area contributed by atoms with Crippen LogP contribution in [0.4, 0.5) is 0 Å². The summed E-state index contributed by atoms with van der Waals surface area (Å²) in [5.74, 6) is 0.579. The van der Waals surface area contributed by atoms with Crippen molar-refractivity contribution < 1.29 is 9.53 Å². The van der Waals surface area contributed by atoms with Gasteiger partial charge in [0.1, 0.15) is 5.75 Å². The molecule has 0 unspecified atom stereocenters. The van der Waals surface area contributed by atoms with E-state index in [4.69, 9.17) is 4.74 Å². The summed E-state index contributed by atoms with van der Waals surface area (Å²) in [5.41, 5.74) is 2.37. The van der Waals surface area contributed by atoms with Crippen LogP contribution in [0.5, 0.6) is 5.75 Å². The van der Waals surface area contributed by atoms with Gasteiger partial charge in [0, 0.05) is 6.54 Å². The van der Waals surface area contributed by atoms with Crippen molar-refractivity contribution in [3.05, 3.63) is 42.0 Å². The first kappa shape index (κ1) is 12.3. The summed E-state index contributed by atoms with van der Waals surface area (Å²) in [7, 11) is 0. The highest BCUT2D eigenvalue weighted by atomic mass is 16.5. The largest absolute Gasteiger partial charge is 0.484 e. The Balaban J connectivity index is 2.45. The third-order valence-corrected chi connectivity index (χ3v) is 2.29. The molecule has 86 valence electrons. The number of hydrogen-bond donors (Lipinski definition) is 1. The molecule has 0 aliphatic rings. The number of hydrogen-bond acceptors (Lipinski definition) is 2. The second-order valence-corrected chi connectivity index (χ2v) is 3.63. The second kappa shape index (κ2) is 5.95. The number of rotatable bonds is 5. The summed E-state index contributed by atoms with van der Waals surface area (Å²) in [6.45, 7) is 8.07. The zero-order valence-corrected chi connectivity index (χ0v) is 9.75. The molecule has 0 fully saturated rings. The maximum Gasteiger partial charge on any atom is 0.258 e. The van der Waals surface area contributed by atoms with Gasteiger partial charge in [0.2, 0.25) is 0 Å².